The summed E-state index contributed by atoms with van der Waals surface area (Å²) in [7, 11) is 3.20. The number of likely N-dealkylation sites (tertiary alicyclic amines) is 1. The first-order valence-electron chi connectivity index (χ1n) is 6.44. The van der Waals surface area contributed by atoms with E-state index >= 15 is 0 Å². The van der Waals surface area contributed by atoms with Gasteiger partial charge in [-0.1, -0.05) is 24.6 Å². The Morgan fingerprint density at radius 3 is 2.58 bits per heavy atom. The maximum Gasteiger partial charge on any atom is 0.179 e. The second-order valence-corrected chi connectivity index (χ2v) is 5.49. The number of hydrogen-bond donors (Lipinski definition) is 1. The predicted molar refractivity (Wildman–Crippen MR) is 77.0 cm³/mol. The van der Waals surface area contributed by atoms with E-state index in [1.54, 1.807) is 14.2 Å². The average Bonchev–Trinajstić information content (AvgIpc) is 2.70. The molecule has 1 aromatic carbocycles. The zero-order valence-corrected chi connectivity index (χ0v) is 12.4. The summed E-state index contributed by atoms with van der Waals surface area (Å²) in [5.41, 5.74) is 7.08. The highest BCUT2D eigenvalue weighted by molar-refractivity contribution is 6.33. The number of hydrogen-bond acceptors (Lipinski definition) is 4. The molecule has 1 fully saturated rings. The first-order valence-corrected chi connectivity index (χ1v) is 6.82. The van der Waals surface area contributed by atoms with Crippen molar-refractivity contribution in [2.75, 3.05) is 27.3 Å². The molecule has 2 N–H and O–H groups in total. The van der Waals surface area contributed by atoms with Gasteiger partial charge in [0.05, 0.1) is 19.2 Å². The molecule has 0 bridgehead atoms. The highest BCUT2D eigenvalue weighted by Gasteiger charge is 2.27. The van der Waals surface area contributed by atoms with Crippen LogP contribution in [0.2, 0.25) is 5.02 Å². The first-order chi connectivity index (χ1) is 9.06. The molecule has 2 rings (SSSR count). The normalized spacial score (nSPS) is 23.6. The highest BCUT2D eigenvalue weighted by atomic mass is 35.5. The summed E-state index contributed by atoms with van der Waals surface area (Å²) in [5, 5.41) is 0.620. The molecule has 0 amide bonds. The van der Waals surface area contributed by atoms with E-state index in [1.165, 1.54) is 0 Å². The molecule has 0 saturated carbocycles. The van der Waals surface area contributed by atoms with Gasteiger partial charge in [0.2, 0.25) is 0 Å². The van der Waals surface area contributed by atoms with Crippen LogP contribution in [0.3, 0.4) is 0 Å². The monoisotopic (exact) mass is 284 g/mol. The molecule has 1 aromatic rings. The third-order valence-electron chi connectivity index (χ3n) is 3.71. The fourth-order valence-electron chi connectivity index (χ4n) is 2.52. The minimum absolute atomic E-state index is 0.249. The largest absolute Gasteiger partial charge is 0.493 e. The van der Waals surface area contributed by atoms with Crippen LogP contribution in [-0.4, -0.2) is 38.3 Å². The molecule has 4 nitrogen and oxygen atoms in total. The lowest BCUT2D eigenvalue weighted by molar-refractivity contribution is 0.316. The van der Waals surface area contributed by atoms with E-state index in [9.17, 15) is 0 Å². The zero-order chi connectivity index (χ0) is 14.0. The van der Waals surface area contributed by atoms with Crippen LogP contribution in [-0.2, 0) is 6.54 Å². The number of ether oxygens (including phenoxy) is 2. The maximum absolute atomic E-state index is 6.38. The molecule has 1 saturated heterocycles. The van der Waals surface area contributed by atoms with Gasteiger partial charge in [-0.25, -0.2) is 0 Å². The van der Waals surface area contributed by atoms with Crippen LogP contribution in [0, 0.1) is 5.92 Å². The van der Waals surface area contributed by atoms with E-state index < -0.39 is 0 Å². The quantitative estimate of drug-likeness (QED) is 0.920. The number of halogens is 1. The van der Waals surface area contributed by atoms with Gasteiger partial charge in [-0.15, -0.1) is 0 Å². The number of nitrogens with two attached hydrogens (primary N) is 1. The molecule has 2 unspecified atom stereocenters. The third-order valence-corrected chi connectivity index (χ3v) is 4.12. The van der Waals surface area contributed by atoms with Crippen LogP contribution in [0.4, 0.5) is 0 Å². The Hall–Kier alpha value is -0.970. The van der Waals surface area contributed by atoms with Crippen LogP contribution < -0.4 is 15.2 Å². The van der Waals surface area contributed by atoms with Gasteiger partial charge in [0.15, 0.2) is 11.5 Å². The fourth-order valence-corrected chi connectivity index (χ4v) is 2.81. The van der Waals surface area contributed by atoms with Crippen molar-refractivity contribution in [2.24, 2.45) is 11.7 Å². The van der Waals surface area contributed by atoms with Crippen molar-refractivity contribution in [3.05, 3.63) is 22.7 Å². The summed E-state index contributed by atoms with van der Waals surface area (Å²) >= 11 is 6.38. The van der Waals surface area contributed by atoms with Crippen LogP contribution in [0.25, 0.3) is 0 Å². The lowest BCUT2D eigenvalue weighted by Gasteiger charge is -2.18. The summed E-state index contributed by atoms with van der Waals surface area (Å²) in [6.45, 7) is 4.88. The molecule has 5 heteroatoms. The summed E-state index contributed by atoms with van der Waals surface area (Å²) in [6.07, 6.45) is 0. The van der Waals surface area contributed by atoms with Crippen molar-refractivity contribution in [2.45, 2.75) is 19.5 Å². The molecular formula is C14H21ClN2O2. The Kier molecular flexibility index (Phi) is 4.55. The molecule has 0 spiro atoms. The van der Waals surface area contributed by atoms with Crippen molar-refractivity contribution < 1.29 is 9.47 Å². The Balaban J connectivity index is 2.17. The van der Waals surface area contributed by atoms with Gasteiger partial charge in [-0.3, -0.25) is 4.90 Å². The van der Waals surface area contributed by atoms with Crippen molar-refractivity contribution in [1.82, 2.24) is 4.90 Å². The third kappa shape index (κ3) is 2.96. The topological polar surface area (TPSA) is 47.7 Å². The van der Waals surface area contributed by atoms with Gasteiger partial charge in [-0.2, -0.15) is 0 Å². The molecular weight excluding hydrogens is 264 g/mol. The van der Waals surface area contributed by atoms with E-state index in [0.29, 0.717) is 22.4 Å². The van der Waals surface area contributed by atoms with Gasteiger partial charge in [0, 0.05) is 25.7 Å². The second kappa shape index (κ2) is 5.99. The minimum Gasteiger partial charge on any atom is -0.493 e. The zero-order valence-electron chi connectivity index (χ0n) is 11.6. The van der Waals surface area contributed by atoms with E-state index in [4.69, 9.17) is 26.8 Å². The SMILES string of the molecule is COc1ccc(CN2CC(C)C(N)C2)c(Cl)c1OC. The second-order valence-electron chi connectivity index (χ2n) is 5.11. The standard InChI is InChI=1S/C14H21ClN2O2/c1-9-6-17(8-11(9)16)7-10-4-5-12(18-2)14(19-3)13(10)15/h4-5,9,11H,6-8,16H2,1-3H3. The molecule has 0 aliphatic carbocycles. The molecule has 19 heavy (non-hydrogen) atoms. The summed E-state index contributed by atoms with van der Waals surface area (Å²) < 4.78 is 10.5. The molecule has 1 aliphatic heterocycles. The fraction of sp³-hybridized carbons (Fsp3) is 0.571. The van der Waals surface area contributed by atoms with Crippen molar-refractivity contribution in [3.8, 4) is 11.5 Å². The Bertz CT molecular complexity index is 443. The van der Waals surface area contributed by atoms with Gasteiger partial charge in [0.1, 0.15) is 0 Å². The molecule has 0 radical (unpaired) electrons. The molecule has 0 aromatic heterocycles. The van der Waals surface area contributed by atoms with Gasteiger partial charge < -0.3 is 15.2 Å². The average molecular weight is 285 g/mol. The summed E-state index contributed by atoms with van der Waals surface area (Å²) in [6, 6.07) is 4.12. The van der Waals surface area contributed by atoms with Crippen molar-refractivity contribution in [3.63, 3.8) is 0 Å². The number of rotatable bonds is 4. The highest BCUT2D eigenvalue weighted by Crippen LogP contribution is 2.38. The molecule has 106 valence electrons. The van der Waals surface area contributed by atoms with Crippen LogP contribution in [0.15, 0.2) is 12.1 Å². The van der Waals surface area contributed by atoms with Crippen molar-refractivity contribution >= 4 is 11.6 Å². The van der Waals surface area contributed by atoms with Gasteiger partial charge >= 0.3 is 0 Å². The number of benzene rings is 1. The predicted octanol–water partition coefficient (Wildman–Crippen LogP) is 2.14. The van der Waals surface area contributed by atoms with E-state index in [1.807, 2.05) is 12.1 Å². The smallest absolute Gasteiger partial charge is 0.179 e. The maximum atomic E-state index is 6.38. The Morgan fingerprint density at radius 1 is 1.32 bits per heavy atom. The van der Waals surface area contributed by atoms with Crippen molar-refractivity contribution in [1.29, 1.82) is 0 Å². The molecule has 1 heterocycles. The van der Waals surface area contributed by atoms with E-state index in [0.717, 1.165) is 25.2 Å². The Labute approximate surface area is 119 Å². The molecule has 2 atom stereocenters. The van der Waals surface area contributed by atoms with E-state index in [2.05, 4.69) is 11.8 Å². The lowest BCUT2D eigenvalue weighted by atomic mass is 10.1. The molecule has 1 aliphatic rings. The summed E-state index contributed by atoms with van der Waals surface area (Å²) in [4.78, 5) is 2.32. The first kappa shape index (κ1) is 14.4. The number of nitrogens with zero attached hydrogens (tertiary/aromatic N) is 1. The van der Waals surface area contributed by atoms with Gasteiger partial charge in [-0.05, 0) is 17.5 Å². The Morgan fingerprint density at radius 2 is 2.05 bits per heavy atom. The minimum atomic E-state index is 0.249. The van der Waals surface area contributed by atoms with Crippen LogP contribution in [0.1, 0.15) is 12.5 Å². The summed E-state index contributed by atoms with van der Waals surface area (Å²) in [5.74, 6) is 1.78. The van der Waals surface area contributed by atoms with Crippen LogP contribution in [0.5, 0.6) is 11.5 Å². The van der Waals surface area contributed by atoms with Gasteiger partial charge in [0.25, 0.3) is 0 Å². The van der Waals surface area contributed by atoms with E-state index in [-0.39, 0.29) is 6.04 Å². The lowest BCUT2D eigenvalue weighted by Crippen LogP contribution is -2.28. The number of methoxy groups -OCH3 is 2. The van der Waals surface area contributed by atoms with Crippen LogP contribution >= 0.6 is 11.6 Å².